The van der Waals surface area contributed by atoms with Crippen LogP contribution in [0.3, 0.4) is 0 Å². The van der Waals surface area contributed by atoms with Crippen LogP contribution in [0.25, 0.3) is 21.9 Å². The Morgan fingerprint density at radius 1 is 0.647 bits per heavy atom. The second-order valence-corrected chi connectivity index (χ2v) is 5.75. The molecule has 0 heterocycles. The third-order valence-electron chi connectivity index (χ3n) is 2.76. The Labute approximate surface area is 123 Å². The van der Waals surface area contributed by atoms with Gasteiger partial charge in [0.2, 0.25) is 0 Å². The first-order valence-corrected chi connectivity index (χ1v) is 6.57. The zero-order valence-electron chi connectivity index (χ0n) is 8.12. The molecule has 2 aromatic carbocycles. The maximum Gasteiger partial charge on any atom is 0.0514 e. The van der Waals surface area contributed by atoms with Gasteiger partial charge in [-0.2, -0.15) is 0 Å². The smallest absolute Gasteiger partial charge is 0.0514 e. The Balaban J connectivity index is 2.66. The van der Waals surface area contributed by atoms with Gasteiger partial charge in [0.15, 0.2) is 0 Å². The first-order chi connectivity index (χ1) is 8.00. The van der Waals surface area contributed by atoms with E-state index in [1.807, 2.05) is 0 Å². The van der Waals surface area contributed by atoms with Gasteiger partial charge in [-0.15, -0.1) is 0 Å². The molecule has 0 unspecified atom stereocenters. The Kier molecular flexibility index (Phi) is 2.77. The maximum atomic E-state index is 6.16. The van der Waals surface area contributed by atoms with Crippen molar-refractivity contribution in [3.8, 4) is 0 Å². The van der Waals surface area contributed by atoms with Gasteiger partial charge in [-0.25, -0.2) is 0 Å². The molecule has 0 nitrogen and oxygen atoms in total. The SMILES string of the molecule is ClC1=Cc2c(Cl)cc(Cl)c3c(Cl)cc(Cl)c1c23. The van der Waals surface area contributed by atoms with Crippen LogP contribution in [0, 0.1) is 0 Å². The van der Waals surface area contributed by atoms with E-state index in [1.54, 1.807) is 18.2 Å². The number of hydrogen-bond acceptors (Lipinski definition) is 0. The maximum absolute atomic E-state index is 6.16. The average molecular weight is 324 g/mol. The molecule has 0 aromatic heterocycles. The van der Waals surface area contributed by atoms with Crippen molar-refractivity contribution in [1.29, 1.82) is 0 Å². The lowest BCUT2D eigenvalue weighted by Crippen LogP contribution is -1.85. The van der Waals surface area contributed by atoms with Crippen LogP contribution in [0.15, 0.2) is 12.1 Å². The summed E-state index contributed by atoms with van der Waals surface area (Å²) in [4.78, 5) is 0. The lowest BCUT2D eigenvalue weighted by molar-refractivity contribution is 1.71. The van der Waals surface area contributed by atoms with E-state index in [-0.39, 0.29) is 0 Å². The molecule has 1 aliphatic rings. The molecule has 3 rings (SSSR count). The van der Waals surface area contributed by atoms with Crippen molar-refractivity contribution in [2.24, 2.45) is 0 Å². The van der Waals surface area contributed by atoms with Crippen LogP contribution in [0.4, 0.5) is 0 Å². The summed E-state index contributed by atoms with van der Waals surface area (Å²) < 4.78 is 0. The van der Waals surface area contributed by atoms with Gasteiger partial charge in [-0.1, -0.05) is 58.0 Å². The van der Waals surface area contributed by atoms with Crippen LogP contribution >= 0.6 is 58.0 Å². The summed E-state index contributed by atoms with van der Waals surface area (Å²) in [6, 6.07) is 3.31. The molecule has 0 amide bonds. The Hall–Kier alpha value is -0.110. The first-order valence-electron chi connectivity index (χ1n) is 4.68. The minimum absolute atomic E-state index is 0.497. The van der Waals surface area contributed by atoms with E-state index >= 15 is 0 Å². The highest BCUT2D eigenvalue weighted by atomic mass is 35.5. The molecular formula is C12H3Cl5. The molecule has 0 N–H and O–H groups in total. The van der Waals surface area contributed by atoms with E-state index in [9.17, 15) is 0 Å². The van der Waals surface area contributed by atoms with Gasteiger partial charge in [0, 0.05) is 26.9 Å². The summed E-state index contributed by atoms with van der Waals surface area (Å²) in [5.41, 5.74) is 1.56. The predicted molar refractivity (Wildman–Crippen MR) is 77.7 cm³/mol. The van der Waals surface area contributed by atoms with Crippen molar-refractivity contribution in [3.05, 3.63) is 43.4 Å². The molecule has 0 radical (unpaired) electrons. The van der Waals surface area contributed by atoms with Crippen LogP contribution in [0.1, 0.15) is 11.1 Å². The standard InChI is InChI=1S/C12H3Cl5/c13-5-2-7(15)12-9(17)3-8(16)11-6(14)1-4(5)10(11)12/h1-3H. The second kappa shape index (κ2) is 3.94. The minimum Gasteiger partial charge on any atom is -0.0836 e. The molecule has 1 aliphatic carbocycles. The topological polar surface area (TPSA) is 0 Å². The van der Waals surface area contributed by atoms with Gasteiger partial charge >= 0.3 is 0 Å². The van der Waals surface area contributed by atoms with Crippen LogP contribution < -0.4 is 0 Å². The highest BCUT2D eigenvalue weighted by Gasteiger charge is 2.24. The second-order valence-electron chi connectivity index (χ2n) is 3.71. The lowest BCUT2D eigenvalue weighted by atomic mass is 10.0. The largest absolute Gasteiger partial charge is 0.0836 e. The van der Waals surface area contributed by atoms with Gasteiger partial charge < -0.3 is 0 Å². The molecule has 2 aromatic rings. The van der Waals surface area contributed by atoms with Gasteiger partial charge in [0.05, 0.1) is 20.1 Å². The molecule has 17 heavy (non-hydrogen) atoms. The van der Waals surface area contributed by atoms with Gasteiger partial charge in [0.25, 0.3) is 0 Å². The van der Waals surface area contributed by atoms with E-state index in [1.165, 1.54) is 0 Å². The molecular weight excluding hydrogens is 321 g/mol. The number of benzene rings is 2. The monoisotopic (exact) mass is 322 g/mol. The average Bonchev–Trinajstić information content (AvgIpc) is 2.55. The van der Waals surface area contributed by atoms with Crippen molar-refractivity contribution in [1.82, 2.24) is 0 Å². The van der Waals surface area contributed by atoms with Crippen molar-refractivity contribution in [2.45, 2.75) is 0 Å². The lowest BCUT2D eigenvalue weighted by Gasteiger charge is -2.10. The summed E-state index contributed by atoms with van der Waals surface area (Å²) in [5.74, 6) is 0. The number of hydrogen-bond donors (Lipinski definition) is 0. The van der Waals surface area contributed by atoms with Crippen molar-refractivity contribution in [2.75, 3.05) is 0 Å². The molecule has 0 bridgehead atoms. The van der Waals surface area contributed by atoms with Crippen LogP contribution in [-0.2, 0) is 0 Å². The zero-order valence-corrected chi connectivity index (χ0v) is 11.9. The Bertz CT molecular complexity index is 692. The number of rotatable bonds is 0. The summed E-state index contributed by atoms with van der Waals surface area (Å²) in [7, 11) is 0. The molecule has 0 saturated heterocycles. The summed E-state index contributed by atoms with van der Waals surface area (Å²) in [6.07, 6.45) is 1.78. The number of halogens is 5. The summed E-state index contributed by atoms with van der Waals surface area (Å²) >= 11 is 30.8. The van der Waals surface area contributed by atoms with Gasteiger partial charge in [-0.3, -0.25) is 0 Å². The third-order valence-corrected chi connectivity index (χ3v) is 4.26. The normalized spacial score (nSPS) is 13.4. The van der Waals surface area contributed by atoms with E-state index in [0.717, 1.165) is 21.9 Å². The fourth-order valence-corrected chi connectivity index (χ4v) is 3.76. The van der Waals surface area contributed by atoms with Gasteiger partial charge in [-0.05, 0) is 18.2 Å². The van der Waals surface area contributed by atoms with Crippen molar-refractivity contribution < 1.29 is 0 Å². The molecule has 0 saturated carbocycles. The minimum atomic E-state index is 0.497. The molecule has 0 spiro atoms. The fraction of sp³-hybridized carbons (Fsp3) is 0. The quantitative estimate of drug-likeness (QED) is 0.518. The first kappa shape index (κ1) is 12.0. The van der Waals surface area contributed by atoms with E-state index in [2.05, 4.69) is 0 Å². The Morgan fingerprint density at radius 2 is 1.24 bits per heavy atom. The van der Waals surface area contributed by atoms with E-state index < -0.39 is 0 Å². The molecule has 5 heteroatoms. The fourth-order valence-electron chi connectivity index (χ4n) is 2.08. The summed E-state index contributed by atoms with van der Waals surface area (Å²) in [5, 5.41) is 4.14. The van der Waals surface area contributed by atoms with Crippen molar-refractivity contribution in [3.63, 3.8) is 0 Å². The molecule has 0 aliphatic heterocycles. The van der Waals surface area contributed by atoms with Crippen LogP contribution in [0.5, 0.6) is 0 Å². The predicted octanol–water partition coefficient (Wildman–Crippen LogP) is 6.50. The van der Waals surface area contributed by atoms with Crippen molar-refractivity contribution >= 4 is 79.9 Å². The van der Waals surface area contributed by atoms with Crippen LogP contribution in [-0.4, -0.2) is 0 Å². The van der Waals surface area contributed by atoms with E-state index in [4.69, 9.17) is 58.0 Å². The van der Waals surface area contributed by atoms with Crippen LogP contribution in [0.2, 0.25) is 20.1 Å². The Morgan fingerprint density at radius 3 is 1.88 bits per heavy atom. The molecule has 86 valence electrons. The van der Waals surface area contributed by atoms with E-state index in [0.29, 0.717) is 25.1 Å². The zero-order chi connectivity index (χ0) is 12.3. The third kappa shape index (κ3) is 1.59. The molecule has 0 atom stereocenters. The molecule has 0 fully saturated rings. The summed E-state index contributed by atoms with van der Waals surface area (Å²) in [6.45, 7) is 0. The van der Waals surface area contributed by atoms with Gasteiger partial charge in [0.1, 0.15) is 0 Å². The highest BCUT2D eigenvalue weighted by molar-refractivity contribution is 6.58. The highest BCUT2D eigenvalue weighted by Crippen LogP contribution is 2.49.